The molecular weight excluding hydrogens is 294 g/mol. The summed E-state index contributed by atoms with van der Waals surface area (Å²) >= 11 is 0. The number of carbonyl (C=O) groups excluding carboxylic acids is 1. The predicted molar refractivity (Wildman–Crippen MR) is 101 cm³/mol. The van der Waals surface area contributed by atoms with Crippen molar-refractivity contribution in [3.05, 3.63) is 72.8 Å². The van der Waals surface area contributed by atoms with E-state index in [-0.39, 0.29) is 5.91 Å². The molecule has 2 nitrogen and oxygen atoms in total. The van der Waals surface area contributed by atoms with E-state index in [1.165, 1.54) is 21.5 Å². The second-order valence-corrected chi connectivity index (χ2v) is 6.22. The van der Waals surface area contributed by atoms with Crippen LogP contribution in [0.4, 0.5) is 0 Å². The first-order chi connectivity index (χ1) is 11.8. The predicted octanol–water partition coefficient (Wildman–Crippen LogP) is 5.76. The standard InChI is InChI=1S/C22H15NO/c1-14(24)23-19-12-10-15-6-2-4-8-17(15)21(19)22-18-9-5-3-7-16(18)11-13-20(22)23/h2-13H,1H3. The van der Waals surface area contributed by atoms with Crippen LogP contribution in [0.2, 0.25) is 0 Å². The Labute approximate surface area is 138 Å². The zero-order valence-corrected chi connectivity index (χ0v) is 13.3. The zero-order chi connectivity index (χ0) is 16.3. The van der Waals surface area contributed by atoms with Gasteiger partial charge in [0.05, 0.1) is 11.0 Å². The molecule has 1 aromatic heterocycles. The Kier molecular flexibility index (Phi) is 2.60. The van der Waals surface area contributed by atoms with E-state index < -0.39 is 0 Å². The molecule has 4 aromatic carbocycles. The molecule has 5 aromatic rings. The van der Waals surface area contributed by atoms with Crippen molar-refractivity contribution in [1.82, 2.24) is 4.57 Å². The van der Waals surface area contributed by atoms with Gasteiger partial charge in [-0.25, -0.2) is 0 Å². The molecule has 0 saturated heterocycles. The number of hydrogen-bond acceptors (Lipinski definition) is 1. The molecule has 0 aliphatic carbocycles. The van der Waals surface area contributed by atoms with Gasteiger partial charge in [-0.1, -0.05) is 60.7 Å². The van der Waals surface area contributed by atoms with Crippen molar-refractivity contribution < 1.29 is 4.79 Å². The maximum absolute atomic E-state index is 12.4. The van der Waals surface area contributed by atoms with Crippen LogP contribution in [-0.4, -0.2) is 10.5 Å². The van der Waals surface area contributed by atoms with Crippen LogP contribution in [-0.2, 0) is 0 Å². The zero-order valence-electron chi connectivity index (χ0n) is 13.3. The minimum absolute atomic E-state index is 0.0422. The van der Waals surface area contributed by atoms with E-state index in [1.807, 2.05) is 4.57 Å². The molecule has 5 rings (SSSR count). The first-order valence-corrected chi connectivity index (χ1v) is 8.10. The molecule has 1 heterocycles. The topological polar surface area (TPSA) is 22.0 Å². The summed E-state index contributed by atoms with van der Waals surface area (Å²) < 4.78 is 1.84. The summed E-state index contributed by atoms with van der Waals surface area (Å²) in [7, 11) is 0. The van der Waals surface area contributed by atoms with Gasteiger partial charge in [0.15, 0.2) is 0 Å². The molecule has 0 saturated carbocycles. The van der Waals surface area contributed by atoms with E-state index in [0.717, 1.165) is 21.8 Å². The smallest absolute Gasteiger partial charge is 0.228 e. The minimum Gasteiger partial charge on any atom is -0.280 e. The van der Waals surface area contributed by atoms with Crippen molar-refractivity contribution >= 4 is 49.3 Å². The van der Waals surface area contributed by atoms with Crippen molar-refractivity contribution in [3.8, 4) is 0 Å². The normalized spacial score (nSPS) is 11.7. The van der Waals surface area contributed by atoms with Gasteiger partial charge in [0, 0.05) is 17.7 Å². The SMILES string of the molecule is CC(=O)n1c2ccc3ccccc3c2c2c3ccccc3ccc21. The average molecular weight is 309 g/mol. The van der Waals surface area contributed by atoms with Gasteiger partial charge in [0.25, 0.3) is 0 Å². The molecule has 0 fully saturated rings. The lowest BCUT2D eigenvalue weighted by Crippen LogP contribution is -2.04. The van der Waals surface area contributed by atoms with Crippen LogP contribution in [0.25, 0.3) is 43.4 Å². The second-order valence-electron chi connectivity index (χ2n) is 6.22. The number of hydrogen-bond donors (Lipinski definition) is 0. The lowest BCUT2D eigenvalue weighted by atomic mass is 10.00. The fraction of sp³-hybridized carbons (Fsp3) is 0.0455. The fourth-order valence-corrected chi connectivity index (χ4v) is 3.89. The minimum atomic E-state index is 0.0422. The van der Waals surface area contributed by atoms with Gasteiger partial charge in [-0.2, -0.15) is 0 Å². The highest BCUT2D eigenvalue weighted by molar-refractivity contribution is 6.29. The summed E-state index contributed by atoms with van der Waals surface area (Å²) in [6, 6.07) is 25.1. The average Bonchev–Trinajstić information content (AvgIpc) is 2.97. The number of carbonyl (C=O) groups is 1. The quantitative estimate of drug-likeness (QED) is 0.356. The van der Waals surface area contributed by atoms with Gasteiger partial charge in [0.2, 0.25) is 5.91 Å². The Morgan fingerprint density at radius 2 is 1.12 bits per heavy atom. The molecule has 24 heavy (non-hydrogen) atoms. The molecule has 0 bridgehead atoms. The largest absolute Gasteiger partial charge is 0.280 e. The Balaban J connectivity index is 2.20. The molecule has 0 atom stereocenters. The molecule has 2 heteroatoms. The van der Waals surface area contributed by atoms with Crippen LogP contribution in [0.3, 0.4) is 0 Å². The van der Waals surface area contributed by atoms with Crippen molar-refractivity contribution in [2.24, 2.45) is 0 Å². The van der Waals surface area contributed by atoms with Crippen molar-refractivity contribution in [2.75, 3.05) is 0 Å². The maximum atomic E-state index is 12.4. The van der Waals surface area contributed by atoms with Crippen LogP contribution < -0.4 is 0 Å². The lowest BCUT2D eigenvalue weighted by Gasteiger charge is -2.02. The van der Waals surface area contributed by atoms with Crippen LogP contribution in [0.15, 0.2) is 72.8 Å². The Morgan fingerprint density at radius 3 is 1.58 bits per heavy atom. The van der Waals surface area contributed by atoms with E-state index in [1.54, 1.807) is 6.92 Å². The monoisotopic (exact) mass is 309 g/mol. The Hall–Kier alpha value is -3.13. The van der Waals surface area contributed by atoms with E-state index >= 15 is 0 Å². The highest BCUT2D eigenvalue weighted by Crippen LogP contribution is 2.38. The van der Waals surface area contributed by atoms with Crippen molar-refractivity contribution in [1.29, 1.82) is 0 Å². The summed E-state index contributed by atoms with van der Waals surface area (Å²) in [6.07, 6.45) is 0. The van der Waals surface area contributed by atoms with Crippen LogP contribution in [0.5, 0.6) is 0 Å². The molecule has 0 unspecified atom stereocenters. The van der Waals surface area contributed by atoms with E-state index in [0.29, 0.717) is 0 Å². The first kappa shape index (κ1) is 13.3. The molecule has 0 N–H and O–H groups in total. The van der Waals surface area contributed by atoms with Crippen molar-refractivity contribution in [3.63, 3.8) is 0 Å². The molecular formula is C22H15NO. The number of fused-ring (bicyclic) bond motifs is 7. The highest BCUT2D eigenvalue weighted by atomic mass is 16.1. The maximum Gasteiger partial charge on any atom is 0.228 e. The van der Waals surface area contributed by atoms with Gasteiger partial charge in [-0.05, 0) is 33.7 Å². The summed E-state index contributed by atoms with van der Waals surface area (Å²) in [5.41, 5.74) is 1.96. The summed E-state index contributed by atoms with van der Waals surface area (Å²) in [6.45, 7) is 1.63. The van der Waals surface area contributed by atoms with Crippen LogP contribution in [0.1, 0.15) is 11.7 Å². The Bertz CT molecular complexity index is 1180. The van der Waals surface area contributed by atoms with E-state index in [2.05, 4.69) is 72.8 Å². The third kappa shape index (κ3) is 1.63. The van der Waals surface area contributed by atoms with Gasteiger partial charge in [0.1, 0.15) is 0 Å². The van der Waals surface area contributed by atoms with Crippen molar-refractivity contribution in [2.45, 2.75) is 6.92 Å². The number of benzene rings is 4. The van der Waals surface area contributed by atoms with E-state index in [9.17, 15) is 4.79 Å². The molecule has 0 amide bonds. The Morgan fingerprint density at radius 1 is 0.667 bits per heavy atom. The molecule has 0 aliphatic heterocycles. The molecule has 0 radical (unpaired) electrons. The number of rotatable bonds is 0. The lowest BCUT2D eigenvalue weighted by molar-refractivity contribution is 0.0946. The third-order valence-corrected chi connectivity index (χ3v) is 4.86. The molecule has 0 aliphatic rings. The molecule has 0 spiro atoms. The third-order valence-electron chi connectivity index (χ3n) is 4.86. The highest BCUT2D eigenvalue weighted by Gasteiger charge is 2.17. The van der Waals surface area contributed by atoms with Gasteiger partial charge >= 0.3 is 0 Å². The number of nitrogens with zero attached hydrogens (tertiary/aromatic N) is 1. The van der Waals surface area contributed by atoms with Crippen LogP contribution in [0, 0.1) is 0 Å². The fourth-order valence-electron chi connectivity index (χ4n) is 3.89. The van der Waals surface area contributed by atoms with Gasteiger partial charge in [-0.3, -0.25) is 9.36 Å². The second kappa shape index (κ2) is 4.68. The number of aromatic nitrogens is 1. The van der Waals surface area contributed by atoms with Crippen LogP contribution >= 0.6 is 0 Å². The van der Waals surface area contributed by atoms with Gasteiger partial charge in [-0.15, -0.1) is 0 Å². The summed E-state index contributed by atoms with van der Waals surface area (Å²) in [4.78, 5) is 12.4. The van der Waals surface area contributed by atoms with E-state index in [4.69, 9.17) is 0 Å². The van der Waals surface area contributed by atoms with Gasteiger partial charge < -0.3 is 0 Å². The summed E-state index contributed by atoms with van der Waals surface area (Å²) in [5, 5.41) is 7.10. The molecule has 114 valence electrons. The summed E-state index contributed by atoms with van der Waals surface area (Å²) in [5.74, 6) is 0.0422. The first-order valence-electron chi connectivity index (χ1n) is 8.10.